The molecule has 0 saturated carbocycles. The maximum absolute atomic E-state index is 11.3. The van der Waals surface area contributed by atoms with Crippen molar-refractivity contribution in [1.29, 1.82) is 0 Å². The predicted molar refractivity (Wildman–Crippen MR) is 30.3 cm³/mol. The van der Waals surface area contributed by atoms with Gasteiger partial charge in [-0.1, -0.05) is 0 Å². The van der Waals surface area contributed by atoms with Crippen LogP contribution in [-0.2, 0) is 9.84 Å². The van der Waals surface area contributed by atoms with Gasteiger partial charge in [0.15, 0.2) is 0 Å². The second-order valence-corrected chi connectivity index (χ2v) is 3.93. The summed E-state index contributed by atoms with van der Waals surface area (Å²) in [6, 6.07) is 0. The average molecular weight is 139 g/mol. The highest BCUT2D eigenvalue weighted by Gasteiger charge is 1.98. The average Bonchev–Trinajstić information content (AvgIpc) is 1.59. The molecule has 8 heavy (non-hydrogen) atoms. The van der Waals surface area contributed by atoms with E-state index in [4.69, 9.17) is 0 Å². The summed E-state index contributed by atoms with van der Waals surface area (Å²) in [7, 11) is -2.93. The minimum atomic E-state index is -2.93. The van der Waals surface area contributed by atoms with E-state index in [1.54, 1.807) is 0 Å². The third kappa shape index (κ3) is 5.88. The van der Waals surface area contributed by atoms with Gasteiger partial charge < -0.3 is 0 Å². The second-order valence-electron chi connectivity index (χ2n) is 1.67. The van der Waals surface area contributed by atoms with E-state index in [1.807, 2.05) is 0 Å². The summed E-state index contributed by atoms with van der Waals surface area (Å²) in [5.41, 5.74) is 0. The standard InChI is InChI=1S/C4H9FO2S/c1-8(6,7)4-2-3-5/h2-4H2,1H3/i5-1. The van der Waals surface area contributed by atoms with Gasteiger partial charge >= 0.3 is 0 Å². The van der Waals surface area contributed by atoms with Crippen molar-refractivity contribution in [2.75, 3.05) is 18.7 Å². The van der Waals surface area contributed by atoms with Crippen molar-refractivity contribution < 1.29 is 12.8 Å². The molecule has 0 radical (unpaired) electrons. The monoisotopic (exact) mass is 139 g/mol. The van der Waals surface area contributed by atoms with E-state index in [-0.39, 0.29) is 12.2 Å². The van der Waals surface area contributed by atoms with Gasteiger partial charge in [-0.05, 0) is 6.42 Å². The highest BCUT2D eigenvalue weighted by atomic mass is 32.2. The van der Waals surface area contributed by atoms with Crippen molar-refractivity contribution >= 4 is 9.84 Å². The third-order valence-corrected chi connectivity index (χ3v) is 1.68. The molecular formula is C4H9FO2S. The zero-order valence-electron chi connectivity index (χ0n) is 4.72. The fourth-order valence-electron chi connectivity index (χ4n) is 0.317. The van der Waals surface area contributed by atoms with E-state index in [0.717, 1.165) is 6.26 Å². The fourth-order valence-corrected chi connectivity index (χ4v) is 0.950. The second kappa shape index (κ2) is 3.02. The van der Waals surface area contributed by atoms with Gasteiger partial charge in [0.05, 0.1) is 12.4 Å². The molecule has 0 aliphatic rings. The maximum Gasteiger partial charge on any atom is 0.147 e. The van der Waals surface area contributed by atoms with Crippen LogP contribution in [0.3, 0.4) is 0 Å². The Hall–Kier alpha value is -0.120. The summed E-state index contributed by atoms with van der Waals surface area (Å²) in [5.74, 6) is -0.0382. The first-order valence-corrected chi connectivity index (χ1v) is 4.36. The molecule has 0 amide bonds. The molecule has 0 atom stereocenters. The smallest absolute Gasteiger partial charge is 0.147 e. The van der Waals surface area contributed by atoms with Crippen molar-refractivity contribution in [1.82, 2.24) is 0 Å². The summed E-state index contributed by atoms with van der Waals surface area (Å²) < 4.78 is 31.7. The van der Waals surface area contributed by atoms with Crippen molar-refractivity contribution in [3.05, 3.63) is 0 Å². The van der Waals surface area contributed by atoms with Crippen LogP contribution in [0.4, 0.5) is 4.39 Å². The first-order valence-electron chi connectivity index (χ1n) is 2.30. The number of rotatable bonds is 3. The summed E-state index contributed by atoms with van der Waals surface area (Å²) in [5, 5.41) is 0. The molecule has 0 heterocycles. The molecule has 0 aliphatic carbocycles. The van der Waals surface area contributed by atoms with Gasteiger partial charge in [-0.3, -0.25) is 4.39 Å². The van der Waals surface area contributed by atoms with Gasteiger partial charge in [0, 0.05) is 6.26 Å². The maximum atomic E-state index is 11.3. The lowest BCUT2D eigenvalue weighted by Crippen LogP contribution is -2.02. The molecule has 0 aromatic rings. The predicted octanol–water partition coefficient (Wildman–Crippen LogP) is 0.391. The molecule has 0 spiro atoms. The third-order valence-electron chi connectivity index (χ3n) is 0.649. The molecule has 0 aliphatic heterocycles. The highest BCUT2D eigenvalue weighted by molar-refractivity contribution is 7.90. The molecule has 0 fully saturated rings. The Morgan fingerprint density at radius 2 is 2.00 bits per heavy atom. The molecule has 0 N–H and O–H groups in total. The lowest BCUT2D eigenvalue weighted by molar-refractivity contribution is 0.485. The number of sulfone groups is 1. The van der Waals surface area contributed by atoms with E-state index in [9.17, 15) is 12.8 Å². The van der Waals surface area contributed by atoms with Gasteiger partial charge in [0.1, 0.15) is 9.84 Å². The van der Waals surface area contributed by atoms with Crippen LogP contribution >= 0.6 is 0 Å². The molecule has 0 bridgehead atoms. The van der Waals surface area contributed by atoms with E-state index in [1.165, 1.54) is 0 Å². The van der Waals surface area contributed by atoms with Gasteiger partial charge in [-0.25, -0.2) is 8.42 Å². The van der Waals surface area contributed by atoms with E-state index in [0.29, 0.717) is 0 Å². The van der Waals surface area contributed by atoms with Gasteiger partial charge in [-0.2, -0.15) is 0 Å². The quantitative estimate of drug-likeness (QED) is 0.567. The Kier molecular flexibility index (Phi) is 2.97. The zero-order valence-corrected chi connectivity index (χ0v) is 5.54. The van der Waals surface area contributed by atoms with Crippen molar-refractivity contribution in [3.63, 3.8) is 0 Å². The van der Waals surface area contributed by atoms with Crippen LogP contribution in [0.15, 0.2) is 0 Å². The first-order chi connectivity index (χ1) is 3.56. The minimum Gasteiger partial charge on any atom is -0.251 e. The molecule has 0 saturated heterocycles. The lowest BCUT2D eigenvalue weighted by Gasteiger charge is -1.89. The molecule has 0 aromatic carbocycles. The topological polar surface area (TPSA) is 34.1 Å². The Labute approximate surface area is 48.6 Å². The van der Waals surface area contributed by atoms with Crippen molar-refractivity contribution in [3.8, 4) is 0 Å². The zero-order chi connectivity index (χ0) is 6.62. The van der Waals surface area contributed by atoms with Crippen molar-refractivity contribution in [2.45, 2.75) is 6.42 Å². The summed E-state index contributed by atoms with van der Waals surface area (Å²) in [6.45, 7) is -0.549. The highest BCUT2D eigenvalue weighted by Crippen LogP contribution is 1.87. The molecule has 0 unspecified atom stereocenters. The summed E-state index contributed by atoms with van der Waals surface area (Å²) in [6.07, 6.45) is 1.22. The van der Waals surface area contributed by atoms with Crippen LogP contribution in [0.2, 0.25) is 0 Å². The van der Waals surface area contributed by atoms with E-state index >= 15 is 0 Å². The van der Waals surface area contributed by atoms with Crippen LogP contribution in [0, 0.1) is 0 Å². The van der Waals surface area contributed by atoms with Crippen LogP contribution in [-0.4, -0.2) is 27.1 Å². The molecule has 2 nitrogen and oxygen atoms in total. The first kappa shape index (κ1) is 7.88. The van der Waals surface area contributed by atoms with E-state index in [2.05, 4.69) is 0 Å². The molecule has 0 aromatic heterocycles. The number of alkyl halides is 1. The molecule has 4 heteroatoms. The van der Waals surface area contributed by atoms with Crippen LogP contribution in [0.5, 0.6) is 0 Å². The molecule has 50 valence electrons. The normalized spacial score (nSPS) is 11.8. The molecule has 0 rings (SSSR count). The Bertz CT molecular complexity index is 138. The summed E-state index contributed by atoms with van der Waals surface area (Å²) in [4.78, 5) is 0. The van der Waals surface area contributed by atoms with Crippen LogP contribution in [0.1, 0.15) is 6.42 Å². The van der Waals surface area contributed by atoms with Gasteiger partial charge in [0.2, 0.25) is 0 Å². The van der Waals surface area contributed by atoms with Gasteiger partial charge in [0.25, 0.3) is 0 Å². The Balaban J connectivity index is 3.42. The largest absolute Gasteiger partial charge is 0.251 e. The summed E-state index contributed by atoms with van der Waals surface area (Å²) >= 11 is 0. The minimum absolute atomic E-state index is 0.0382. The Morgan fingerprint density at radius 1 is 1.50 bits per heavy atom. The van der Waals surface area contributed by atoms with Crippen LogP contribution in [0.25, 0.3) is 0 Å². The number of hydrogen-bond donors (Lipinski definition) is 0. The fraction of sp³-hybridized carbons (Fsp3) is 1.00. The van der Waals surface area contributed by atoms with Gasteiger partial charge in [-0.15, -0.1) is 0 Å². The Morgan fingerprint density at radius 3 is 2.12 bits per heavy atom. The molecular weight excluding hydrogens is 130 g/mol. The van der Waals surface area contributed by atoms with Crippen LogP contribution < -0.4 is 0 Å². The van der Waals surface area contributed by atoms with E-state index < -0.39 is 16.5 Å². The number of halogens is 1. The number of hydrogen-bond acceptors (Lipinski definition) is 2. The van der Waals surface area contributed by atoms with Crippen molar-refractivity contribution in [2.24, 2.45) is 0 Å². The SMILES string of the molecule is CS(=O)(=O)CCC[18F]. The lowest BCUT2D eigenvalue weighted by atomic mass is 10.6.